The Morgan fingerprint density at radius 1 is 1.27 bits per heavy atom. The smallest absolute Gasteiger partial charge is 0.0981 e. The Bertz CT molecular complexity index is 232. The van der Waals surface area contributed by atoms with Crippen molar-refractivity contribution in [1.29, 1.82) is 0 Å². The predicted octanol–water partition coefficient (Wildman–Crippen LogP) is 2.12. The quantitative estimate of drug-likeness (QED) is 0.649. The highest BCUT2D eigenvalue weighted by Gasteiger charge is 2.17. The molecule has 0 aromatic carbocycles. The molecule has 1 aromatic rings. The number of rotatable bonds is 2. The monoisotopic (exact) mass is 167 g/mol. The van der Waals surface area contributed by atoms with Crippen LogP contribution in [-0.2, 0) is 6.42 Å². The Kier molecular flexibility index (Phi) is 2.23. The van der Waals surface area contributed by atoms with Crippen LogP contribution in [-0.4, -0.2) is 13.1 Å². The first kappa shape index (κ1) is 8.59. The summed E-state index contributed by atoms with van der Waals surface area (Å²) < 4.78 is 0. The van der Waals surface area contributed by atoms with Gasteiger partial charge in [-0.2, -0.15) is 0 Å². The highest BCUT2D eigenvalue weighted by molar-refractivity contribution is 6.88. The SMILES string of the molecule is CCc1ccc([Si](C)(C)C)[nH]1. The van der Waals surface area contributed by atoms with Crippen LogP contribution in [0.5, 0.6) is 0 Å². The fourth-order valence-electron chi connectivity index (χ4n) is 1.08. The minimum atomic E-state index is -1.08. The van der Waals surface area contributed by atoms with E-state index in [1.54, 1.807) is 0 Å². The Hall–Kier alpha value is -0.503. The lowest BCUT2D eigenvalue weighted by Gasteiger charge is -2.13. The van der Waals surface area contributed by atoms with Gasteiger partial charge in [-0.25, -0.2) is 0 Å². The molecule has 0 bridgehead atoms. The zero-order valence-electron chi connectivity index (χ0n) is 7.86. The third-order valence-corrected chi connectivity index (χ3v) is 3.84. The van der Waals surface area contributed by atoms with Crippen LogP contribution in [0.1, 0.15) is 12.6 Å². The minimum Gasteiger partial charge on any atom is -0.366 e. The van der Waals surface area contributed by atoms with Gasteiger partial charge < -0.3 is 4.98 Å². The summed E-state index contributed by atoms with van der Waals surface area (Å²) in [6.45, 7) is 9.26. The van der Waals surface area contributed by atoms with Crippen LogP contribution in [0.2, 0.25) is 19.6 Å². The summed E-state index contributed by atoms with van der Waals surface area (Å²) in [5.41, 5.74) is 1.36. The molecule has 1 heterocycles. The lowest BCUT2D eigenvalue weighted by molar-refractivity contribution is 1.07. The van der Waals surface area contributed by atoms with Crippen LogP contribution >= 0.6 is 0 Å². The molecule has 0 saturated carbocycles. The van der Waals surface area contributed by atoms with Gasteiger partial charge in [-0.1, -0.05) is 26.6 Å². The van der Waals surface area contributed by atoms with Gasteiger partial charge in [0.05, 0.1) is 8.07 Å². The van der Waals surface area contributed by atoms with Crippen molar-refractivity contribution in [3.63, 3.8) is 0 Å². The van der Waals surface area contributed by atoms with Crippen LogP contribution in [0.3, 0.4) is 0 Å². The van der Waals surface area contributed by atoms with Gasteiger partial charge in [0.15, 0.2) is 0 Å². The van der Waals surface area contributed by atoms with Crippen molar-refractivity contribution in [1.82, 2.24) is 4.98 Å². The van der Waals surface area contributed by atoms with Crippen molar-refractivity contribution in [2.45, 2.75) is 33.0 Å². The highest BCUT2D eigenvalue weighted by Crippen LogP contribution is 2.02. The molecule has 62 valence electrons. The van der Waals surface area contributed by atoms with E-state index >= 15 is 0 Å². The van der Waals surface area contributed by atoms with Gasteiger partial charge >= 0.3 is 0 Å². The van der Waals surface area contributed by atoms with E-state index in [1.165, 1.54) is 11.0 Å². The number of nitrogens with one attached hydrogen (secondary N) is 1. The first-order valence-corrected chi connectivity index (χ1v) is 7.72. The van der Waals surface area contributed by atoms with Crippen molar-refractivity contribution < 1.29 is 0 Å². The number of aromatic nitrogens is 1. The van der Waals surface area contributed by atoms with Crippen LogP contribution in [0.15, 0.2) is 12.1 Å². The van der Waals surface area contributed by atoms with Crippen molar-refractivity contribution in [2.75, 3.05) is 0 Å². The van der Waals surface area contributed by atoms with E-state index in [2.05, 4.69) is 43.7 Å². The van der Waals surface area contributed by atoms with Gasteiger partial charge in [-0.15, -0.1) is 0 Å². The largest absolute Gasteiger partial charge is 0.366 e. The average Bonchev–Trinajstić information content (AvgIpc) is 2.32. The van der Waals surface area contributed by atoms with Gasteiger partial charge in [-0.05, 0) is 23.9 Å². The molecular formula is C9H17NSi. The zero-order valence-corrected chi connectivity index (χ0v) is 8.86. The van der Waals surface area contributed by atoms with E-state index in [0.717, 1.165) is 6.42 Å². The molecule has 1 nitrogen and oxygen atoms in total. The molecule has 0 radical (unpaired) electrons. The Morgan fingerprint density at radius 2 is 1.91 bits per heavy atom. The lowest BCUT2D eigenvalue weighted by atomic mass is 10.4. The molecule has 0 saturated heterocycles. The molecule has 2 heteroatoms. The van der Waals surface area contributed by atoms with Crippen molar-refractivity contribution in [3.8, 4) is 0 Å². The molecule has 0 aliphatic carbocycles. The fraction of sp³-hybridized carbons (Fsp3) is 0.556. The van der Waals surface area contributed by atoms with Crippen LogP contribution in [0.4, 0.5) is 0 Å². The maximum Gasteiger partial charge on any atom is 0.0981 e. The van der Waals surface area contributed by atoms with Gasteiger partial charge in [-0.3, -0.25) is 0 Å². The summed E-state index contributed by atoms with van der Waals surface area (Å²) in [4.78, 5) is 3.46. The van der Waals surface area contributed by atoms with Crippen molar-refractivity contribution in [2.24, 2.45) is 0 Å². The first-order chi connectivity index (χ1) is 5.04. The number of aromatic amines is 1. The van der Waals surface area contributed by atoms with Crippen LogP contribution < -0.4 is 5.32 Å². The summed E-state index contributed by atoms with van der Waals surface area (Å²) in [5, 5.41) is 1.47. The summed E-state index contributed by atoms with van der Waals surface area (Å²) >= 11 is 0. The number of aryl methyl sites for hydroxylation is 1. The Morgan fingerprint density at radius 3 is 2.18 bits per heavy atom. The van der Waals surface area contributed by atoms with E-state index in [9.17, 15) is 0 Å². The van der Waals surface area contributed by atoms with Crippen LogP contribution in [0, 0.1) is 0 Å². The Labute approximate surface area is 69.8 Å². The summed E-state index contributed by atoms with van der Waals surface area (Å²) in [6.07, 6.45) is 1.12. The maximum atomic E-state index is 3.46. The second-order valence-electron chi connectivity index (χ2n) is 4.00. The Balaban J connectivity index is 2.89. The maximum absolute atomic E-state index is 3.46. The molecule has 0 fully saturated rings. The molecule has 0 amide bonds. The van der Waals surface area contributed by atoms with E-state index in [0.29, 0.717) is 0 Å². The third kappa shape index (κ3) is 1.96. The second kappa shape index (κ2) is 2.86. The topological polar surface area (TPSA) is 15.8 Å². The zero-order chi connectivity index (χ0) is 8.48. The molecule has 0 aliphatic heterocycles. The van der Waals surface area contributed by atoms with E-state index in [4.69, 9.17) is 0 Å². The van der Waals surface area contributed by atoms with E-state index in [1.807, 2.05) is 0 Å². The molecule has 11 heavy (non-hydrogen) atoms. The van der Waals surface area contributed by atoms with Crippen molar-refractivity contribution in [3.05, 3.63) is 17.8 Å². The van der Waals surface area contributed by atoms with Crippen molar-refractivity contribution >= 4 is 13.4 Å². The lowest BCUT2D eigenvalue weighted by Crippen LogP contribution is -2.38. The third-order valence-electron chi connectivity index (χ3n) is 1.94. The van der Waals surface area contributed by atoms with Gasteiger partial charge in [0.2, 0.25) is 0 Å². The summed E-state index contributed by atoms with van der Waals surface area (Å²) in [6, 6.07) is 4.44. The molecule has 1 aromatic heterocycles. The average molecular weight is 167 g/mol. The first-order valence-electron chi connectivity index (χ1n) is 4.22. The van der Waals surface area contributed by atoms with E-state index in [-0.39, 0.29) is 0 Å². The highest BCUT2D eigenvalue weighted by atomic mass is 28.3. The van der Waals surface area contributed by atoms with Gasteiger partial charge in [0, 0.05) is 5.69 Å². The molecule has 0 aliphatic rings. The molecule has 0 atom stereocenters. The number of H-pyrrole nitrogens is 1. The molecular weight excluding hydrogens is 150 g/mol. The molecule has 0 unspecified atom stereocenters. The number of hydrogen-bond donors (Lipinski definition) is 1. The fourth-order valence-corrected chi connectivity index (χ4v) is 2.20. The van der Waals surface area contributed by atoms with Gasteiger partial charge in [0.1, 0.15) is 0 Å². The predicted molar refractivity (Wildman–Crippen MR) is 53.2 cm³/mol. The normalized spacial score (nSPS) is 12.0. The molecule has 1 rings (SSSR count). The summed E-state index contributed by atoms with van der Waals surface area (Å²) in [7, 11) is -1.08. The standard InChI is InChI=1S/C9H17NSi/c1-5-8-6-7-9(10-8)11(2,3)4/h6-7,10H,5H2,1-4H3. The minimum absolute atomic E-state index is 1.08. The van der Waals surface area contributed by atoms with Crippen LogP contribution in [0.25, 0.3) is 0 Å². The molecule has 0 spiro atoms. The summed E-state index contributed by atoms with van der Waals surface area (Å²) in [5.74, 6) is 0. The molecule has 1 N–H and O–H groups in total. The van der Waals surface area contributed by atoms with Gasteiger partial charge in [0.25, 0.3) is 0 Å². The number of hydrogen-bond acceptors (Lipinski definition) is 0. The van der Waals surface area contributed by atoms with E-state index < -0.39 is 8.07 Å². The second-order valence-corrected chi connectivity index (χ2v) is 9.04.